The molecule has 0 heterocycles. The van der Waals surface area contributed by atoms with E-state index in [4.69, 9.17) is 27.9 Å². The monoisotopic (exact) mass is 289 g/mol. The van der Waals surface area contributed by atoms with Crippen molar-refractivity contribution in [3.05, 3.63) is 27.7 Å². The van der Waals surface area contributed by atoms with E-state index >= 15 is 0 Å². The molecule has 1 aromatic carbocycles. The molecule has 0 fully saturated rings. The van der Waals surface area contributed by atoms with Gasteiger partial charge in [-0.25, -0.2) is 0 Å². The summed E-state index contributed by atoms with van der Waals surface area (Å²) in [6.07, 6.45) is 5.83. The molecule has 2 nitrogen and oxygen atoms in total. The first-order chi connectivity index (χ1) is 8.69. The van der Waals surface area contributed by atoms with Gasteiger partial charge in [-0.05, 0) is 44.5 Å². The Morgan fingerprint density at radius 1 is 1.06 bits per heavy atom. The molecule has 102 valence electrons. The predicted octanol–water partition coefficient (Wildman–Crippen LogP) is 4.32. The van der Waals surface area contributed by atoms with Crippen LogP contribution in [0, 0.1) is 0 Å². The van der Waals surface area contributed by atoms with Crippen molar-refractivity contribution in [1.29, 1.82) is 0 Å². The summed E-state index contributed by atoms with van der Waals surface area (Å²) in [5.41, 5.74) is 1.11. The summed E-state index contributed by atoms with van der Waals surface area (Å²) in [6.45, 7) is 1.09. The number of methoxy groups -OCH3 is 1. The van der Waals surface area contributed by atoms with Crippen LogP contribution in [0.5, 0.6) is 5.75 Å². The number of unbranched alkanes of at least 4 members (excludes halogenated alkanes) is 3. The fourth-order valence-corrected chi connectivity index (χ4v) is 2.40. The Morgan fingerprint density at radius 3 is 2.44 bits per heavy atom. The van der Waals surface area contributed by atoms with E-state index in [0.29, 0.717) is 10.8 Å². The maximum atomic E-state index is 6.19. The lowest BCUT2D eigenvalue weighted by Gasteiger charge is -2.09. The molecule has 1 aromatic rings. The minimum Gasteiger partial charge on any atom is -0.495 e. The molecule has 0 aromatic heterocycles. The highest BCUT2D eigenvalue weighted by Gasteiger charge is 2.07. The third-order valence-electron chi connectivity index (χ3n) is 2.94. The van der Waals surface area contributed by atoms with Crippen LogP contribution < -0.4 is 10.1 Å². The van der Waals surface area contributed by atoms with Crippen molar-refractivity contribution in [2.75, 3.05) is 20.7 Å². The highest BCUT2D eigenvalue weighted by molar-refractivity contribution is 6.34. The molecule has 0 saturated heterocycles. The fourth-order valence-electron chi connectivity index (χ4n) is 1.89. The molecule has 0 aliphatic heterocycles. The van der Waals surface area contributed by atoms with Crippen molar-refractivity contribution >= 4 is 23.2 Å². The molecule has 0 aliphatic rings. The molecule has 1 rings (SSSR count). The summed E-state index contributed by atoms with van der Waals surface area (Å²) < 4.78 is 5.13. The smallest absolute Gasteiger partial charge is 0.138 e. The van der Waals surface area contributed by atoms with Crippen LogP contribution in [0.1, 0.15) is 31.2 Å². The third kappa shape index (κ3) is 5.05. The van der Waals surface area contributed by atoms with Gasteiger partial charge >= 0.3 is 0 Å². The zero-order valence-electron chi connectivity index (χ0n) is 11.1. The first kappa shape index (κ1) is 15.6. The number of aryl methyl sites for hydroxylation is 1. The molecule has 0 radical (unpaired) electrons. The van der Waals surface area contributed by atoms with Gasteiger partial charge in [-0.2, -0.15) is 0 Å². The maximum absolute atomic E-state index is 6.19. The highest BCUT2D eigenvalue weighted by atomic mass is 35.5. The SMILES string of the molecule is CNCCCCCCc1cc(Cl)c(OC)cc1Cl. The van der Waals surface area contributed by atoms with E-state index in [2.05, 4.69) is 5.32 Å². The van der Waals surface area contributed by atoms with Crippen molar-refractivity contribution in [1.82, 2.24) is 5.32 Å². The van der Waals surface area contributed by atoms with Crippen LogP contribution in [0.15, 0.2) is 12.1 Å². The summed E-state index contributed by atoms with van der Waals surface area (Å²) in [5.74, 6) is 0.638. The molecule has 18 heavy (non-hydrogen) atoms. The van der Waals surface area contributed by atoms with Crippen LogP contribution in [0.3, 0.4) is 0 Å². The number of nitrogens with one attached hydrogen (secondary N) is 1. The Bertz CT molecular complexity index is 369. The molecule has 0 atom stereocenters. The second kappa shape index (κ2) is 8.63. The minimum atomic E-state index is 0.632. The number of hydrogen-bond donors (Lipinski definition) is 1. The van der Waals surface area contributed by atoms with Gasteiger partial charge in [-0.3, -0.25) is 0 Å². The van der Waals surface area contributed by atoms with Crippen LogP contribution in [0.2, 0.25) is 10.0 Å². The van der Waals surface area contributed by atoms with Gasteiger partial charge in [0.25, 0.3) is 0 Å². The molecule has 4 heteroatoms. The fraction of sp³-hybridized carbons (Fsp3) is 0.571. The van der Waals surface area contributed by atoms with E-state index in [1.54, 1.807) is 13.2 Å². The van der Waals surface area contributed by atoms with E-state index in [9.17, 15) is 0 Å². The molecule has 0 bridgehead atoms. The maximum Gasteiger partial charge on any atom is 0.138 e. The topological polar surface area (TPSA) is 21.3 Å². The van der Waals surface area contributed by atoms with Crippen LogP contribution in [0.25, 0.3) is 0 Å². The molecule has 0 amide bonds. The Labute approximate surface area is 120 Å². The number of rotatable bonds is 8. The lowest BCUT2D eigenvalue weighted by Crippen LogP contribution is -2.06. The van der Waals surface area contributed by atoms with Crippen molar-refractivity contribution in [2.45, 2.75) is 32.1 Å². The first-order valence-electron chi connectivity index (χ1n) is 6.35. The van der Waals surface area contributed by atoms with Crippen molar-refractivity contribution in [3.8, 4) is 5.75 Å². The van der Waals surface area contributed by atoms with E-state index in [1.807, 2.05) is 13.1 Å². The Morgan fingerprint density at radius 2 is 1.78 bits per heavy atom. The Kier molecular flexibility index (Phi) is 7.48. The normalized spacial score (nSPS) is 10.7. The summed E-state index contributed by atoms with van der Waals surface area (Å²) in [6, 6.07) is 3.70. The van der Waals surface area contributed by atoms with Crippen LogP contribution in [-0.4, -0.2) is 20.7 Å². The minimum absolute atomic E-state index is 0.632. The largest absolute Gasteiger partial charge is 0.495 e. The van der Waals surface area contributed by atoms with Gasteiger partial charge in [0.1, 0.15) is 5.75 Å². The number of benzene rings is 1. The van der Waals surface area contributed by atoms with E-state index in [0.717, 1.165) is 30.0 Å². The van der Waals surface area contributed by atoms with Gasteiger partial charge in [-0.1, -0.05) is 36.0 Å². The molecule has 0 aliphatic carbocycles. The van der Waals surface area contributed by atoms with Gasteiger partial charge in [0, 0.05) is 11.1 Å². The van der Waals surface area contributed by atoms with Crippen LogP contribution in [0.4, 0.5) is 0 Å². The van der Waals surface area contributed by atoms with Gasteiger partial charge in [0.2, 0.25) is 0 Å². The van der Waals surface area contributed by atoms with E-state index in [-0.39, 0.29) is 0 Å². The number of halogens is 2. The quantitative estimate of drug-likeness (QED) is 0.720. The van der Waals surface area contributed by atoms with E-state index < -0.39 is 0 Å². The Balaban J connectivity index is 2.40. The molecule has 0 unspecified atom stereocenters. The van der Waals surface area contributed by atoms with Gasteiger partial charge in [0.15, 0.2) is 0 Å². The Hall–Kier alpha value is -0.440. The third-order valence-corrected chi connectivity index (χ3v) is 3.59. The second-order valence-corrected chi connectivity index (χ2v) is 5.16. The average molecular weight is 290 g/mol. The summed E-state index contributed by atoms with van der Waals surface area (Å²) in [5, 5.41) is 4.53. The second-order valence-electron chi connectivity index (χ2n) is 4.35. The van der Waals surface area contributed by atoms with Gasteiger partial charge < -0.3 is 10.1 Å². The van der Waals surface area contributed by atoms with Gasteiger partial charge in [-0.15, -0.1) is 0 Å². The zero-order valence-corrected chi connectivity index (χ0v) is 12.6. The van der Waals surface area contributed by atoms with Crippen LogP contribution in [-0.2, 0) is 6.42 Å². The lowest BCUT2D eigenvalue weighted by atomic mass is 10.1. The summed E-state index contributed by atoms with van der Waals surface area (Å²) in [7, 11) is 3.58. The number of ether oxygens (including phenoxy) is 1. The van der Waals surface area contributed by atoms with Crippen molar-refractivity contribution < 1.29 is 4.74 Å². The summed E-state index contributed by atoms with van der Waals surface area (Å²) in [4.78, 5) is 0. The van der Waals surface area contributed by atoms with Gasteiger partial charge in [0.05, 0.1) is 12.1 Å². The molecule has 1 N–H and O–H groups in total. The lowest BCUT2D eigenvalue weighted by molar-refractivity contribution is 0.415. The molecular formula is C14H21Cl2NO. The predicted molar refractivity (Wildman–Crippen MR) is 79.1 cm³/mol. The standard InChI is InChI=1S/C14H21Cl2NO/c1-17-8-6-4-3-5-7-11-9-13(16)14(18-2)10-12(11)15/h9-10,17H,3-8H2,1-2H3. The van der Waals surface area contributed by atoms with Crippen molar-refractivity contribution in [2.24, 2.45) is 0 Å². The highest BCUT2D eigenvalue weighted by Crippen LogP contribution is 2.31. The molecular weight excluding hydrogens is 269 g/mol. The van der Waals surface area contributed by atoms with E-state index in [1.165, 1.54) is 19.3 Å². The summed E-state index contributed by atoms with van der Waals surface area (Å²) >= 11 is 12.3. The first-order valence-corrected chi connectivity index (χ1v) is 7.11. The van der Waals surface area contributed by atoms with Crippen LogP contribution >= 0.6 is 23.2 Å². The number of hydrogen-bond acceptors (Lipinski definition) is 2. The molecule has 0 saturated carbocycles. The van der Waals surface area contributed by atoms with Crippen molar-refractivity contribution in [3.63, 3.8) is 0 Å². The molecule has 0 spiro atoms. The zero-order chi connectivity index (χ0) is 13.4. The average Bonchev–Trinajstić information content (AvgIpc) is 2.37.